The van der Waals surface area contributed by atoms with E-state index in [1.54, 1.807) is 17.1 Å². The molecule has 2 aromatic rings. The Morgan fingerprint density at radius 1 is 1.09 bits per heavy atom. The van der Waals surface area contributed by atoms with Gasteiger partial charge in [-0.2, -0.15) is 0 Å². The molecule has 1 aliphatic heterocycles. The second kappa shape index (κ2) is 6.34. The third-order valence-electron chi connectivity index (χ3n) is 4.23. The van der Waals surface area contributed by atoms with Crippen LogP contribution in [0.1, 0.15) is 12.8 Å². The first kappa shape index (κ1) is 15.4. The SMILES string of the molecule is NCC1CCN(NS(=O)(=O)c2ccc3ccccc3c2)CC1. The smallest absolute Gasteiger partial charge is 0.253 e. The molecule has 118 valence electrons. The van der Waals surface area contributed by atoms with E-state index in [0.717, 1.165) is 23.6 Å². The van der Waals surface area contributed by atoms with E-state index in [1.165, 1.54) is 0 Å². The molecule has 1 fully saturated rings. The van der Waals surface area contributed by atoms with Gasteiger partial charge in [-0.15, -0.1) is 4.83 Å². The van der Waals surface area contributed by atoms with Crippen molar-refractivity contribution in [2.24, 2.45) is 11.7 Å². The van der Waals surface area contributed by atoms with Crippen LogP contribution in [0, 0.1) is 5.92 Å². The second-order valence-corrected chi connectivity index (χ2v) is 7.43. The van der Waals surface area contributed by atoms with Crippen molar-refractivity contribution in [1.29, 1.82) is 0 Å². The highest BCUT2D eigenvalue weighted by molar-refractivity contribution is 7.89. The van der Waals surface area contributed by atoms with Gasteiger partial charge in [0.15, 0.2) is 0 Å². The van der Waals surface area contributed by atoms with Crippen LogP contribution in [0.2, 0.25) is 0 Å². The highest BCUT2D eigenvalue weighted by atomic mass is 32.2. The minimum Gasteiger partial charge on any atom is -0.330 e. The molecule has 22 heavy (non-hydrogen) atoms. The molecule has 0 amide bonds. The van der Waals surface area contributed by atoms with Gasteiger partial charge in [-0.3, -0.25) is 0 Å². The van der Waals surface area contributed by atoms with Crippen molar-refractivity contribution in [3.05, 3.63) is 42.5 Å². The summed E-state index contributed by atoms with van der Waals surface area (Å²) in [4.78, 5) is 2.98. The van der Waals surface area contributed by atoms with E-state index in [2.05, 4.69) is 4.83 Å². The van der Waals surface area contributed by atoms with Crippen molar-refractivity contribution in [3.63, 3.8) is 0 Å². The summed E-state index contributed by atoms with van der Waals surface area (Å²) in [6, 6.07) is 12.9. The molecule has 0 spiro atoms. The molecule has 1 saturated heterocycles. The largest absolute Gasteiger partial charge is 0.330 e. The summed E-state index contributed by atoms with van der Waals surface area (Å²) in [5.74, 6) is 0.501. The maximum atomic E-state index is 12.5. The quantitative estimate of drug-likeness (QED) is 0.899. The lowest BCUT2D eigenvalue weighted by Crippen LogP contribution is -2.47. The Kier molecular flexibility index (Phi) is 4.44. The van der Waals surface area contributed by atoms with Crippen LogP contribution in [0.15, 0.2) is 47.4 Å². The molecule has 0 saturated carbocycles. The first-order chi connectivity index (χ1) is 10.6. The van der Waals surface area contributed by atoms with Crippen LogP contribution in [0.3, 0.4) is 0 Å². The van der Waals surface area contributed by atoms with E-state index >= 15 is 0 Å². The van der Waals surface area contributed by atoms with Gasteiger partial charge in [-0.25, -0.2) is 13.4 Å². The number of hydrazine groups is 1. The Bertz CT molecular complexity index is 753. The fourth-order valence-electron chi connectivity index (χ4n) is 2.82. The van der Waals surface area contributed by atoms with Gasteiger partial charge < -0.3 is 5.73 Å². The standard InChI is InChI=1S/C16H21N3O2S/c17-12-13-7-9-19(10-8-13)18-22(20,21)16-6-5-14-3-1-2-4-15(14)11-16/h1-6,11,13,18H,7-10,12,17H2. The summed E-state index contributed by atoms with van der Waals surface area (Å²) in [5.41, 5.74) is 5.66. The third-order valence-corrected chi connectivity index (χ3v) is 5.60. The average Bonchev–Trinajstić information content (AvgIpc) is 2.55. The van der Waals surface area contributed by atoms with Crippen molar-refractivity contribution in [2.75, 3.05) is 19.6 Å². The van der Waals surface area contributed by atoms with Crippen molar-refractivity contribution < 1.29 is 8.42 Å². The summed E-state index contributed by atoms with van der Waals surface area (Å²) in [5, 5.41) is 3.73. The van der Waals surface area contributed by atoms with Gasteiger partial charge in [0.25, 0.3) is 10.0 Å². The predicted octanol–water partition coefficient (Wildman–Crippen LogP) is 1.70. The summed E-state index contributed by atoms with van der Waals surface area (Å²) in [6.07, 6.45) is 1.85. The lowest BCUT2D eigenvalue weighted by Gasteiger charge is -2.31. The third kappa shape index (κ3) is 3.30. The molecular weight excluding hydrogens is 298 g/mol. The van der Waals surface area contributed by atoms with Crippen molar-refractivity contribution in [3.8, 4) is 0 Å². The molecule has 0 radical (unpaired) electrons. The zero-order chi connectivity index (χ0) is 15.6. The van der Waals surface area contributed by atoms with Gasteiger partial charge >= 0.3 is 0 Å². The highest BCUT2D eigenvalue weighted by Crippen LogP contribution is 2.20. The van der Waals surface area contributed by atoms with Crippen LogP contribution in [-0.2, 0) is 10.0 Å². The fourth-order valence-corrected chi connectivity index (χ4v) is 3.97. The summed E-state index contributed by atoms with van der Waals surface area (Å²) < 4.78 is 25.0. The van der Waals surface area contributed by atoms with E-state index in [1.807, 2.05) is 30.3 Å². The maximum absolute atomic E-state index is 12.5. The van der Waals surface area contributed by atoms with Crippen molar-refractivity contribution in [1.82, 2.24) is 9.84 Å². The normalized spacial score (nSPS) is 17.9. The van der Waals surface area contributed by atoms with Gasteiger partial charge in [0.05, 0.1) is 4.90 Å². The number of hydrogen-bond acceptors (Lipinski definition) is 4. The molecule has 0 bridgehead atoms. The molecule has 6 heteroatoms. The Labute approximate surface area is 131 Å². The number of hydrogen-bond donors (Lipinski definition) is 2. The highest BCUT2D eigenvalue weighted by Gasteiger charge is 2.23. The van der Waals surface area contributed by atoms with Gasteiger partial charge in [-0.05, 0) is 48.2 Å². The summed E-state index contributed by atoms with van der Waals surface area (Å²) >= 11 is 0. The molecule has 5 nitrogen and oxygen atoms in total. The molecule has 3 rings (SSSR count). The van der Waals surface area contributed by atoms with Gasteiger partial charge in [0.2, 0.25) is 0 Å². The number of benzene rings is 2. The number of sulfonamides is 1. The molecular formula is C16H21N3O2S. The van der Waals surface area contributed by atoms with E-state index in [-0.39, 0.29) is 0 Å². The molecule has 1 aliphatic rings. The monoisotopic (exact) mass is 319 g/mol. The Balaban J connectivity index is 1.77. The first-order valence-electron chi connectivity index (χ1n) is 7.55. The van der Waals surface area contributed by atoms with Crippen LogP contribution in [0.5, 0.6) is 0 Å². The minimum absolute atomic E-state index is 0.298. The Morgan fingerprint density at radius 3 is 2.45 bits per heavy atom. The van der Waals surface area contributed by atoms with E-state index in [0.29, 0.717) is 30.4 Å². The van der Waals surface area contributed by atoms with Crippen LogP contribution in [0.4, 0.5) is 0 Å². The number of fused-ring (bicyclic) bond motifs is 1. The van der Waals surface area contributed by atoms with Crippen LogP contribution in [0.25, 0.3) is 10.8 Å². The van der Waals surface area contributed by atoms with Crippen molar-refractivity contribution in [2.45, 2.75) is 17.7 Å². The number of piperidine rings is 1. The van der Waals surface area contributed by atoms with Gasteiger partial charge in [-0.1, -0.05) is 30.3 Å². The minimum atomic E-state index is -3.53. The van der Waals surface area contributed by atoms with E-state index in [9.17, 15) is 8.42 Å². The lowest BCUT2D eigenvalue weighted by molar-refractivity contribution is 0.163. The van der Waals surface area contributed by atoms with Gasteiger partial charge in [0, 0.05) is 13.1 Å². The number of nitrogens with one attached hydrogen (secondary N) is 1. The lowest BCUT2D eigenvalue weighted by atomic mass is 9.98. The average molecular weight is 319 g/mol. The van der Waals surface area contributed by atoms with E-state index < -0.39 is 10.0 Å². The molecule has 3 N–H and O–H groups in total. The summed E-state index contributed by atoms with van der Waals surface area (Å²) in [7, 11) is -3.53. The molecule has 0 unspecified atom stereocenters. The van der Waals surface area contributed by atoms with Crippen LogP contribution >= 0.6 is 0 Å². The second-order valence-electron chi connectivity index (χ2n) is 5.77. The molecule has 0 aromatic heterocycles. The number of rotatable bonds is 4. The summed E-state index contributed by atoms with van der Waals surface area (Å²) in [6.45, 7) is 2.08. The number of nitrogens with zero attached hydrogens (tertiary/aromatic N) is 1. The fraction of sp³-hybridized carbons (Fsp3) is 0.375. The molecule has 2 aromatic carbocycles. The Morgan fingerprint density at radius 2 is 1.77 bits per heavy atom. The zero-order valence-electron chi connectivity index (χ0n) is 12.4. The van der Waals surface area contributed by atoms with Crippen LogP contribution in [-0.4, -0.2) is 33.1 Å². The predicted molar refractivity (Wildman–Crippen MR) is 87.6 cm³/mol. The zero-order valence-corrected chi connectivity index (χ0v) is 13.2. The van der Waals surface area contributed by atoms with Crippen molar-refractivity contribution >= 4 is 20.8 Å². The topological polar surface area (TPSA) is 75.4 Å². The van der Waals surface area contributed by atoms with E-state index in [4.69, 9.17) is 5.73 Å². The first-order valence-corrected chi connectivity index (χ1v) is 9.03. The van der Waals surface area contributed by atoms with Gasteiger partial charge in [0.1, 0.15) is 0 Å². The molecule has 0 aliphatic carbocycles. The Hall–Kier alpha value is -1.47. The maximum Gasteiger partial charge on any atom is 0.253 e. The number of nitrogens with two attached hydrogens (primary N) is 1. The van der Waals surface area contributed by atoms with Crippen LogP contribution < -0.4 is 10.6 Å². The molecule has 0 atom stereocenters. The molecule has 1 heterocycles.